The maximum atomic E-state index is 11.8. The van der Waals surface area contributed by atoms with E-state index in [4.69, 9.17) is 9.15 Å². The highest BCUT2D eigenvalue weighted by Gasteiger charge is 2.10. The van der Waals surface area contributed by atoms with Gasteiger partial charge in [-0.05, 0) is 11.6 Å². The van der Waals surface area contributed by atoms with Gasteiger partial charge >= 0.3 is 12.1 Å². The van der Waals surface area contributed by atoms with Gasteiger partial charge in [0.05, 0.1) is 4.92 Å². The number of carbonyl (C=O) groups is 2. The lowest BCUT2D eigenvalue weighted by molar-refractivity contribution is -0.384. The summed E-state index contributed by atoms with van der Waals surface area (Å²) in [5, 5.41) is 13.9. The van der Waals surface area contributed by atoms with E-state index in [2.05, 4.69) is 10.7 Å². The van der Waals surface area contributed by atoms with Gasteiger partial charge in [-0.3, -0.25) is 15.4 Å². The third-order valence-corrected chi connectivity index (χ3v) is 3.43. The van der Waals surface area contributed by atoms with Crippen LogP contribution in [0.1, 0.15) is 5.56 Å². The highest BCUT2D eigenvalue weighted by Crippen LogP contribution is 2.22. The zero-order chi connectivity index (χ0) is 19.2. The first-order valence-electron chi connectivity index (χ1n) is 7.73. The number of nitro benzene ring substituents is 1. The van der Waals surface area contributed by atoms with Crippen molar-refractivity contribution in [2.45, 2.75) is 6.61 Å². The SMILES string of the molecule is O=C(NNC(=O)OCc1cccc([N+](=O)[O-])c1)Nc1cc2ccccc2o1. The number of hydrazine groups is 1. The number of nitro groups is 1. The van der Waals surface area contributed by atoms with Crippen LogP contribution in [0.3, 0.4) is 0 Å². The van der Waals surface area contributed by atoms with Crippen LogP contribution in [0.25, 0.3) is 11.0 Å². The number of nitrogens with zero attached hydrogens (tertiary/aromatic N) is 1. The van der Waals surface area contributed by atoms with E-state index in [-0.39, 0.29) is 18.2 Å². The van der Waals surface area contributed by atoms with Gasteiger partial charge in [0.1, 0.15) is 12.2 Å². The first-order chi connectivity index (χ1) is 13.0. The normalized spacial score (nSPS) is 10.2. The molecular weight excluding hydrogens is 356 g/mol. The van der Waals surface area contributed by atoms with E-state index >= 15 is 0 Å². The summed E-state index contributed by atoms with van der Waals surface area (Å²) in [5.41, 5.74) is 5.08. The number of amides is 3. The van der Waals surface area contributed by atoms with E-state index < -0.39 is 17.0 Å². The van der Waals surface area contributed by atoms with Gasteiger partial charge < -0.3 is 9.15 Å². The predicted molar refractivity (Wildman–Crippen MR) is 94.8 cm³/mol. The monoisotopic (exact) mass is 370 g/mol. The Balaban J connectivity index is 1.45. The van der Waals surface area contributed by atoms with Crippen molar-refractivity contribution in [1.29, 1.82) is 0 Å². The Morgan fingerprint density at radius 3 is 2.67 bits per heavy atom. The van der Waals surface area contributed by atoms with Crippen molar-refractivity contribution >= 4 is 34.7 Å². The highest BCUT2D eigenvalue weighted by atomic mass is 16.6. The van der Waals surface area contributed by atoms with Crippen LogP contribution >= 0.6 is 0 Å². The van der Waals surface area contributed by atoms with E-state index in [9.17, 15) is 19.7 Å². The van der Waals surface area contributed by atoms with Gasteiger partial charge in [-0.25, -0.2) is 20.4 Å². The molecule has 0 saturated heterocycles. The van der Waals surface area contributed by atoms with Crippen molar-refractivity contribution in [3.8, 4) is 0 Å². The second kappa shape index (κ2) is 7.87. The Morgan fingerprint density at radius 2 is 1.89 bits per heavy atom. The molecule has 2 aromatic carbocycles. The molecule has 1 aromatic heterocycles. The van der Waals surface area contributed by atoms with Crippen molar-refractivity contribution in [1.82, 2.24) is 10.9 Å². The molecule has 0 bridgehead atoms. The summed E-state index contributed by atoms with van der Waals surface area (Å²) in [6, 6.07) is 13.8. The smallest absolute Gasteiger partial charge is 0.426 e. The Bertz CT molecular complexity index is 967. The zero-order valence-corrected chi connectivity index (χ0v) is 13.8. The fraction of sp³-hybridized carbons (Fsp3) is 0.0588. The standard InChI is InChI=1S/C17H14N4O6/c22-16(18-15-9-12-5-1-2-7-14(12)27-15)19-20-17(23)26-10-11-4-3-6-13(8-11)21(24)25/h1-9H,10H2,(H,20,23)(H2,18,19,22). The van der Waals surface area contributed by atoms with Crippen LogP contribution in [0.5, 0.6) is 0 Å². The number of non-ortho nitro benzene ring substituents is 1. The first-order valence-corrected chi connectivity index (χ1v) is 7.73. The summed E-state index contributed by atoms with van der Waals surface area (Å²) < 4.78 is 10.3. The molecule has 138 valence electrons. The van der Waals surface area contributed by atoms with Gasteiger partial charge in [0.15, 0.2) is 0 Å². The number of hydrogen-bond donors (Lipinski definition) is 3. The Hall–Kier alpha value is -4.08. The number of anilines is 1. The van der Waals surface area contributed by atoms with Crippen LogP contribution < -0.4 is 16.2 Å². The van der Waals surface area contributed by atoms with Crippen LogP contribution in [0, 0.1) is 10.1 Å². The summed E-state index contributed by atoms with van der Waals surface area (Å²) in [5.74, 6) is 0.209. The fourth-order valence-corrected chi connectivity index (χ4v) is 2.24. The number of carbonyl (C=O) groups excluding carboxylic acids is 2. The van der Waals surface area contributed by atoms with Crippen LogP contribution in [0.2, 0.25) is 0 Å². The van der Waals surface area contributed by atoms with Crippen molar-refractivity contribution in [2.24, 2.45) is 0 Å². The number of hydrogen-bond acceptors (Lipinski definition) is 6. The quantitative estimate of drug-likeness (QED) is 0.476. The Labute approximate surface area is 152 Å². The van der Waals surface area contributed by atoms with Gasteiger partial charge in [-0.2, -0.15) is 0 Å². The summed E-state index contributed by atoms with van der Waals surface area (Å²) in [6.07, 6.45) is -0.929. The second-order valence-electron chi connectivity index (χ2n) is 5.36. The average molecular weight is 370 g/mol. The molecule has 3 rings (SSSR count). The molecule has 0 aliphatic rings. The number of ether oxygens (including phenoxy) is 1. The molecule has 0 saturated carbocycles. The van der Waals surface area contributed by atoms with E-state index in [1.165, 1.54) is 18.2 Å². The van der Waals surface area contributed by atoms with E-state index in [0.717, 1.165) is 5.39 Å². The van der Waals surface area contributed by atoms with Crippen molar-refractivity contribution in [2.75, 3.05) is 5.32 Å². The average Bonchev–Trinajstić information content (AvgIpc) is 3.07. The number of nitrogens with one attached hydrogen (secondary N) is 3. The third-order valence-electron chi connectivity index (χ3n) is 3.43. The summed E-state index contributed by atoms with van der Waals surface area (Å²) in [7, 11) is 0. The van der Waals surface area contributed by atoms with Crippen LogP contribution in [0.15, 0.2) is 59.0 Å². The number of urea groups is 1. The van der Waals surface area contributed by atoms with Gasteiger partial charge in [0.25, 0.3) is 5.69 Å². The van der Waals surface area contributed by atoms with Gasteiger partial charge in [-0.15, -0.1) is 0 Å². The van der Waals surface area contributed by atoms with Crippen molar-refractivity contribution < 1.29 is 23.7 Å². The maximum Gasteiger partial charge on any atom is 0.426 e. The predicted octanol–water partition coefficient (Wildman–Crippen LogP) is 3.30. The molecule has 0 unspecified atom stereocenters. The fourth-order valence-electron chi connectivity index (χ4n) is 2.24. The van der Waals surface area contributed by atoms with Crippen LogP contribution in [-0.4, -0.2) is 17.0 Å². The molecule has 27 heavy (non-hydrogen) atoms. The van der Waals surface area contributed by atoms with Gasteiger partial charge in [0, 0.05) is 23.6 Å². The molecule has 3 N–H and O–H groups in total. The molecule has 1 heterocycles. The molecule has 0 aliphatic heterocycles. The molecule has 0 fully saturated rings. The van der Waals surface area contributed by atoms with Crippen LogP contribution in [0.4, 0.5) is 21.2 Å². The summed E-state index contributed by atoms with van der Waals surface area (Å²) >= 11 is 0. The minimum Gasteiger partial charge on any atom is -0.443 e. The molecule has 0 aliphatic carbocycles. The van der Waals surface area contributed by atoms with Gasteiger partial charge in [0.2, 0.25) is 5.88 Å². The molecule has 3 aromatic rings. The molecule has 10 nitrogen and oxygen atoms in total. The molecule has 0 radical (unpaired) electrons. The number of para-hydroxylation sites is 1. The topological polar surface area (TPSA) is 136 Å². The lowest BCUT2D eigenvalue weighted by atomic mass is 10.2. The van der Waals surface area contributed by atoms with Gasteiger partial charge in [-0.1, -0.05) is 30.3 Å². The Kier molecular flexibility index (Phi) is 5.17. The molecule has 0 spiro atoms. The molecular formula is C17H14N4O6. The minimum absolute atomic E-state index is 0.111. The van der Waals surface area contributed by atoms with E-state index in [1.807, 2.05) is 17.6 Å². The Morgan fingerprint density at radius 1 is 1.07 bits per heavy atom. The maximum absolute atomic E-state index is 11.8. The number of benzene rings is 2. The first kappa shape index (κ1) is 17.7. The van der Waals surface area contributed by atoms with Crippen molar-refractivity contribution in [3.63, 3.8) is 0 Å². The largest absolute Gasteiger partial charge is 0.443 e. The summed E-state index contributed by atoms with van der Waals surface area (Å²) in [6.45, 7) is -0.194. The van der Waals surface area contributed by atoms with Crippen molar-refractivity contribution in [3.05, 3.63) is 70.3 Å². The van der Waals surface area contributed by atoms with Crippen LogP contribution in [-0.2, 0) is 11.3 Å². The number of furan rings is 1. The third kappa shape index (κ3) is 4.72. The molecule has 10 heteroatoms. The lowest BCUT2D eigenvalue weighted by Crippen LogP contribution is -2.44. The lowest BCUT2D eigenvalue weighted by Gasteiger charge is -2.08. The second-order valence-corrected chi connectivity index (χ2v) is 5.36. The minimum atomic E-state index is -0.929. The number of fused-ring (bicyclic) bond motifs is 1. The highest BCUT2D eigenvalue weighted by molar-refractivity contribution is 5.91. The van der Waals surface area contributed by atoms with E-state index in [0.29, 0.717) is 11.1 Å². The molecule has 0 atom stereocenters. The van der Waals surface area contributed by atoms with E-state index in [1.54, 1.807) is 24.3 Å². The number of rotatable bonds is 4. The summed E-state index contributed by atoms with van der Waals surface area (Å²) in [4.78, 5) is 33.5. The zero-order valence-electron chi connectivity index (χ0n) is 13.8. The molecule has 3 amide bonds.